The molecule has 2 heterocycles. The van der Waals surface area contributed by atoms with Gasteiger partial charge >= 0.3 is 5.69 Å². The van der Waals surface area contributed by atoms with Crippen LogP contribution >= 0.6 is 11.3 Å². The van der Waals surface area contributed by atoms with Gasteiger partial charge in [0.1, 0.15) is 22.9 Å². The Bertz CT molecular complexity index is 1400. The average molecular weight is 441 g/mol. The minimum Gasteiger partial charge on any atom is -0.350 e. The number of carbonyl (C=O) groups is 1. The molecule has 0 saturated carbocycles. The number of carbonyl (C=O) groups excluding carboxylic acids is 1. The van der Waals surface area contributed by atoms with E-state index in [0.29, 0.717) is 21.3 Å². The molecular formula is C22H17F2N3O3S. The van der Waals surface area contributed by atoms with Crippen molar-refractivity contribution in [3.05, 3.63) is 97.5 Å². The van der Waals surface area contributed by atoms with Crippen molar-refractivity contribution in [1.29, 1.82) is 0 Å². The number of aromatic nitrogens is 2. The quantitative estimate of drug-likeness (QED) is 0.517. The summed E-state index contributed by atoms with van der Waals surface area (Å²) in [5.41, 5.74) is 0.354. The number of halogens is 2. The molecule has 0 aliphatic heterocycles. The zero-order valence-corrected chi connectivity index (χ0v) is 17.2. The summed E-state index contributed by atoms with van der Waals surface area (Å²) in [5, 5.41) is 4.35. The van der Waals surface area contributed by atoms with Gasteiger partial charge in [0.2, 0.25) is 5.91 Å². The number of benzene rings is 2. The van der Waals surface area contributed by atoms with E-state index in [2.05, 4.69) is 5.32 Å². The van der Waals surface area contributed by atoms with Gasteiger partial charge in [-0.25, -0.2) is 18.1 Å². The molecule has 4 aromatic rings. The van der Waals surface area contributed by atoms with Crippen molar-refractivity contribution in [3.63, 3.8) is 0 Å². The molecule has 0 spiro atoms. The van der Waals surface area contributed by atoms with Crippen LogP contribution in [0.25, 0.3) is 15.9 Å². The van der Waals surface area contributed by atoms with Crippen molar-refractivity contribution in [2.45, 2.75) is 20.0 Å². The van der Waals surface area contributed by atoms with Gasteiger partial charge in [0.15, 0.2) is 0 Å². The van der Waals surface area contributed by atoms with Crippen molar-refractivity contribution in [2.75, 3.05) is 0 Å². The lowest BCUT2D eigenvalue weighted by molar-refractivity contribution is -0.121. The van der Waals surface area contributed by atoms with Gasteiger partial charge in [-0.2, -0.15) is 0 Å². The maximum Gasteiger partial charge on any atom is 0.336 e. The zero-order chi connectivity index (χ0) is 22.1. The van der Waals surface area contributed by atoms with Gasteiger partial charge in [-0.15, -0.1) is 11.3 Å². The zero-order valence-electron chi connectivity index (χ0n) is 16.4. The second-order valence-corrected chi connectivity index (χ2v) is 7.90. The molecule has 1 N–H and O–H groups in total. The predicted octanol–water partition coefficient (Wildman–Crippen LogP) is 3.12. The molecule has 0 radical (unpaired) electrons. The van der Waals surface area contributed by atoms with E-state index in [9.17, 15) is 23.2 Å². The highest BCUT2D eigenvalue weighted by Gasteiger charge is 2.18. The Balaban J connectivity index is 1.70. The Labute approximate surface area is 179 Å². The predicted molar refractivity (Wildman–Crippen MR) is 115 cm³/mol. The van der Waals surface area contributed by atoms with Crippen LogP contribution in [0.15, 0.2) is 63.5 Å². The Kier molecular flexibility index (Phi) is 5.51. The molecule has 0 fully saturated rings. The fraction of sp³-hybridized carbons (Fsp3) is 0.136. The minimum absolute atomic E-state index is 0.164. The molecule has 0 aliphatic rings. The first-order valence-electron chi connectivity index (χ1n) is 9.36. The summed E-state index contributed by atoms with van der Waals surface area (Å²) in [4.78, 5) is 38.6. The first-order chi connectivity index (χ1) is 14.8. The molecular weight excluding hydrogens is 424 g/mol. The molecule has 0 unspecified atom stereocenters. The molecule has 0 atom stereocenters. The number of nitrogens with one attached hydrogen (secondary N) is 1. The van der Waals surface area contributed by atoms with Gasteiger partial charge < -0.3 is 5.32 Å². The van der Waals surface area contributed by atoms with Crippen LogP contribution in [-0.4, -0.2) is 15.0 Å². The number of thiophene rings is 1. The fourth-order valence-corrected chi connectivity index (χ4v) is 4.06. The average Bonchev–Trinajstić information content (AvgIpc) is 3.23. The number of hydrogen-bond donors (Lipinski definition) is 1. The highest BCUT2D eigenvalue weighted by Crippen LogP contribution is 2.17. The lowest BCUT2D eigenvalue weighted by Gasteiger charge is -2.13. The lowest BCUT2D eigenvalue weighted by Crippen LogP contribution is -2.41. The Hall–Kier alpha value is -3.59. The van der Waals surface area contributed by atoms with Crippen LogP contribution in [0.4, 0.5) is 8.78 Å². The number of rotatable bonds is 5. The van der Waals surface area contributed by atoms with Crippen molar-refractivity contribution in [3.8, 4) is 5.69 Å². The number of hydrogen-bond acceptors (Lipinski definition) is 4. The van der Waals surface area contributed by atoms with Crippen molar-refractivity contribution >= 4 is 27.5 Å². The van der Waals surface area contributed by atoms with Crippen LogP contribution in [0, 0.1) is 18.6 Å². The third kappa shape index (κ3) is 4.04. The van der Waals surface area contributed by atoms with Crippen LogP contribution < -0.4 is 16.6 Å². The summed E-state index contributed by atoms with van der Waals surface area (Å²) in [7, 11) is 0. The minimum atomic E-state index is -0.696. The van der Waals surface area contributed by atoms with E-state index in [4.69, 9.17) is 0 Å². The fourth-order valence-electron chi connectivity index (χ4n) is 3.24. The summed E-state index contributed by atoms with van der Waals surface area (Å²) >= 11 is 1.16. The van der Waals surface area contributed by atoms with E-state index in [1.807, 2.05) is 0 Å². The highest BCUT2D eigenvalue weighted by atomic mass is 32.1. The number of aryl methyl sites for hydroxylation is 1. The molecule has 0 saturated heterocycles. The summed E-state index contributed by atoms with van der Waals surface area (Å²) in [6, 6.07) is 11.2. The number of nitrogens with zero attached hydrogens (tertiary/aromatic N) is 2. The summed E-state index contributed by atoms with van der Waals surface area (Å²) < 4.78 is 29.2. The van der Waals surface area contributed by atoms with Crippen LogP contribution in [0.5, 0.6) is 0 Å². The smallest absolute Gasteiger partial charge is 0.336 e. The summed E-state index contributed by atoms with van der Waals surface area (Å²) in [6.07, 6.45) is 0. The highest BCUT2D eigenvalue weighted by molar-refractivity contribution is 7.17. The van der Waals surface area contributed by atoms with E-state index in [-0.39, 0.29) is 24.6 Å². The molecule has 0 bridgehead atoms. The van der Waals surface area contributed by atoms with E-state index in [1.54, 1.807) is 23.6 Å². The third-order valence-electron chi connectivity index (χ3n) is 4.86. The van der Waals surface area contributed by atoms with Crippen LogP contribution in [0.3, 0.4) is 0 Å². The Morgan fingerprint density at radius 1 is 1.06 bits per heavy atom. The number of amides is 1. The van der Waals surface area contributed by atoms with Gasteiger partial charge in [-0.1, -0.05) is 12.1 Å². The molecule has 4 rings (SSSR count). The van der Waals surface area contributed by atoms with Crippen LogP contribution in [-0.2, 0) is 17.9 Å². The van der Waals surface area contributed by atoms with Crippen molar-refractivity contribution in [1.82, 2.24) is 14.5 Å². The normalized spacial score (nSPS) is 11.1. The SMILES string of the molecule is Cc1cc(-n2c(=O)c3sccc3n(CC(=O)NCc3ccc(F)cc3)c2=O)ccc1F. The van der Waals surface area contributed by atoms with Crippen molar-refractivity contribution < 1.29 is 13.6 Å². The van der Waals surface area contributed by atoms with Crippen LogP contribution in [0.2, 0.25) is 0 Å². The van der Waals surface area contributed by atoms with Gasteiger partial charge in [0.05, 0.1) is 11.2 Å². The van der Waals surface area contributed by atoms with Gasteiger partial charge in [-0.3, -0.25) is 14.2 Å². The van der Waals surface area contributed by atoms with Gasteiger partial charge in [0.25, 0.3) is 5.56 Å². The van der Waals surface area contributed by atoms with E-state index in [0.717, 1.165) is 15.9 Å². The van der Waals surface area contributed by atoms with Crippen molar-refractivity contribution in [2.24, 2.45) is 0 Å². The second kappa shape index (κ2) is 8.27. The lowest BCUT2D eigenvalue weighted by atomic mass is 10.2. The monoisotopic (exact) mass is 441 g/mol. The number of fused-ring (bicyclic) bond motifs is 1. The van der Waals surface area contributed by atoms with Gasteiger partial charge in [-0.05, 0) is 59.8 Å². The largest absolute Gasteiger partial charge is 0.350 e. The maximum absolute atomic E-state index is 13.7. The molecule has 1 amide bonds. The van der Waals surface area contributed by atoms with E-state index in [1.165, 1.54) is 41.8 Å². The molecule has 2 aromatic carbocycles. The molecule has 6 nitrogen and oxygen atoms in total. The van der Waals surface area contributed by atoms with Gasteiger partial charge in [0, 0.05) is 6.54 Å². The Morgan fingerprint density at radius 3 is 2.52 bits per heavy atom. The molecule has 0 aliphatic carbocycles. The molecule has 9 heteroatoms. The molecule has 158 valence electrons. The third-order valence-corrected chi connectivity index (χ3v) is 5.75. The topological polar surface area (TPSA) is 73.1 Å². The molecule has 31 heavy (non-hydrogen) atoms. The Morgan fingerprint density at radius 2 is 1.81 bits per heavy atom. The van der Waals surface area contributed by atoms with Crippen LogP contribution in [0.1, 0.15) is 11.1 Å². The first kappa shape index (κ1) is 20.7. The second-order valence-electron chi connectivity index (χ2n) is 6.98. The standard InChI is InChI=1S/C22H17F2N3O3S/c1-13-10-16(6-7-17(13)24)27-21(29)20-18(8-9-31-20)26(22(27)30)12-19(28)25-11-14-2-4-15(23)5-3-14/h2-10H,11-12H2,1H3,(H,25,28). The van der Waals surface area contributed by atoms with E-state index >= 15 is 0 Å². The summed E-state index contributed by atoms with van der Waals surface area (Å²) in [6.45, 7) is 1.39. The maximum atomic E-state index is 13.7. The van der Waals surface area contributed by atoms with E-state index < -0.39 is 23.0 Å². The first-order valence-corrected chi connectivity index (χ1v) is 10.2. The summed E-state index contributed by atoms with van der Waals surface area (Å²) in [5.74, 6) is -1.27. The molecule has 2 aromatic heterocycles.